The molecule has 6 aromatic rings. The first-order valence-corrected chi connectivity index (χ1v) is 14.1. The zero-order valence-corrected chi connectivity index (χ0v) is 24.6. The summed E-state index contributed by atoms with van der Waals surface area (Å²) in [6, 6.07) is 9.49. The van der Waals surface area contributed by atoms with Gasteiger partial charge in [-0.2, -0.15) is 32.1 Å². The number of pyridine rings is 1. The highest BCUT2D eigenvalue weighted by Crippen LogP contribution is 2.34. The maximum atomic E-state index is 15.4. The summed E-state index contributed by atoms with van der Waals surface area (Å²) in [5, 5.41) is 22.5. The maximum Gasteiger partial charge on any atom is 0.464 e. The Kier molecular flexibility index (Phi) is 8.46. The molecule has 1 unspecified atom stereocenters. The number of carboxylic acids is 1. The second-order valence-electron chi connectivity index (χ2n) is 10.3. The summed E-state index contributed by atoms with van der Waals surface area (Å²) >= 11 is 6.03. The van der Waals surface area contributed by atoms with Gasteiger partial charge in [0, 0.05) is 36.1 Å². The summed E-state index contributed by atoms with van der Waals surface area (Å²) in [4.78, 5) is 15.7. The highest BCUT2D eigenvalue weighted by atomic mass is 35.5. The third-order valence-corrected chi connectivity index (χ3v) is 7.58. The fourth-order valence-corrected chi connectivity index (χ4v) is 5.12. The predicted octanol–water partition coefficient (Wildman–Crippen LogP) is 6.68. The number of H-pyrrole nitrogens is 1. The number of carboxylic acid groups (broad SMARTS) is 1. The van der Waals surface area contributed by atoms with Gasteiger partial charge in [0.1, 0.15) is 5.82 Å². The Balaban J connectivity index is 1.39. The van der Waals surface area contributed by atoms with E-state index in [9.17, 15) is 31.1 Å². The van der Waals surface area contributed by atoms with Gasteiger partial charge in [-0.05, 0) is 42.0 Å². The molecule has 0 aliphatic heterocycles. The minimum atomic E-state index is -4.77. The first-order chi connectivity index (χ1) is 22.8. The third-order valence-electron chi connectivity index (χ3n) is 7.29. The molecule has 0 radical (unpaired) electrons. The van der Waals surface area contributed by atoms with Crippen LogP contribution in [0.4, 0.5) is 30.7 Å². The second-order valence-corrected chi connectivity index (χ2v) is 10.7. The van der Waals surface area contributed by atoms with Gasteiger partial charge >= 0.3 is 24.4 Å². The predicted molar refractivity (Wildman–Crippen MR) is 153 cm³/mol. The minimum Gasteiger partial charge on any atom is -0.478 e. The fraction of sp³-hybridized carbons (Fsp3) is 0.133. The van der Waals surface area contributed by atoms with Gasteiger partial charge in [0.2, 0.25) is 0 Å². The van der Waals surface area contributed by atoms with E-state index < -0.39 is 47.6 Å². The van der Waals surface area contributed by atoms with E-state index >= 15 is 4.39 Å². The summed E-state index contributed by atoms with van der Waals surface area (Å²) < 4.78 is 98.7. The number of nitrogens with zero attached hydrogens (tertiary/aromatic N) is 7. The molecule has 0 saturated carbocycles. The van der Waals surface area contributed by atoms with Crippen molar-refractivity contribution in [3.63, 3.8) is 0 Å². The van der Waals surface area contributed by atoms with Gasteiger partial charge in [0.05, 0.1) is 44.9 Å². The maximum absolute atomic E-state index is 15.4. The van der Waals surface area contributed by atoms with Crippen LogP contribution in [0.2, 0.25) is 5.02 Å². The van der Waals surface area contributed by atoms with Gasteiger partial charge in [-0.25, -0.2) is 18.3 Å². The number of aromatic carboxylic acids is 1. The molecule has 4 heterocycles. The number of benzene rings is 2. The molecule has 10 nitrogen and oxygen atoms in total. The van der Waals surface area contributed by atoms with Crippen molar-refractivity contribution in [3.05, 3.63) is 119 Å². The zero-order chi connectivity index (χ0) is 34.3. The zero-order valence-electron chi connectivity index (χ0n) is 23.9. The lowest BCUT2D eigenvalue weighted by molar-refractivity contribution is -0.659. The van der Waals surface area contributed by atoms with Crippen molar-refractivity contribution in [3.8, 4) is 27.9 Å². The summed E-state index contributed by atoms with van der Waals surface area (Å²) in [5.41, 5.74) is -0.648. The van der Waals surface area contributed by atoms with Crippen molar-refractivity contribution in [2.45, 2.75) is 25.2 Å². The SMILES string of the molecule is O=C(O)c1ccc(-c2cnn(C(Cc3ccn(C(F)F)n3)c3ccc(-c4c(-[n+]5cc(C(F)(F)F)n[nH]5)ccc(Cl)c4F)cn3)c2)cc1F. The van der Waals surface area contributed by atoms with Crippen LogP contribution in [0.1, 0.15) is 40.0 Å². The average Bonchev–Trinajstić information content (AvgIpc) is 3.82. The third kappa shape index (κ3) is 6.35. The van der Waals surface area contributed by atoms with Crippen LogP contribution in [0, 0.1) is 11.6 Å². The van der Waals surface area contributed by atoms with E-state index in [1.54, 1.807) is 0 Å². The van der Waals surface area contributed by atoms with Gasteiger partial charge in [-0.3, -0.25) is 9.67 Å². The molecule has 2 aromatic carbocycles. The molecular formula is C30H19ClF7N8O2+. The fourth-order valence-electron chi connectivity index (χ4n) is 4.97. The number of rotatable bonds is 9. The number of aromatic nitrogens is 8. The van der Waals surface area contributed by atoms with Gasteiger partial charge in [0.25, 0.3) is 0 Å². The molecule has 1 atom stereocenters. The Morgan fingerprint density at radius 2 is 1.77 bits per heavy atom. The molecule has 0 aliphatic rings. The largest absolute Gasteiger partial charge is 0.478 e. The van der Waals surface area contributed by atoms with E-state index in [1.807, 2.05) is 0 Å². The molecule has 246 valence electrons. The average molecular weight is 692 g/mol. The van der Waals surface area contributed by atoms with Gasteiger partial charge in [0.15, 0.2) is 17.7 Å². The highest BCUT2D eigenvalue weighted by molar-refractivity contribution is 6.31. The van der Waals surface area contributed by atoms with Crippen LogP contribution in [0.5, 0.6) is 0 Å². The van der Waals surface area contributed by atoms with E-state index in [0.29, 0.717) is 27.7 Å². The van der Waals surface area contributed by atoms with E-state index in [4.69, 9.17) is 16.7 Å². The minimum absolute atomic E-state index is 0.0134. The molecule has 18 heteroatoms. The Hall–Kier alpha value is -5.58. The van der Waals surface area contributed by atoms with Crippen LogP contribution < -0.4 is 4.68 Å². The van der Waals surface area contributed by atoms with Crippen molar-refractivity contribution in [2.75, 3.05) is 0 Å². The van der Waals surface area contributed by atoms with Crippen LogP contribution in [0.3, 0.4) is 0 Å². The number of hydrogen-bond donors (Lipinski definition) is 2. The van der Waals surface area contributed by atoms with Crippen LogP contribution in [-0.4, -0.2) is 45.9 Å². The number of alkyl halides is 5. The molecule has 4 aromatic heterocycles. The molecule has 0 bridgehead atoms. The number of nitrogens with one attached hydrogen (secondary N) is 1. The lowest BCUT2D eigenvalue weighted by Gasteiger charge is -2.17. The van der Waals surface area contributed by atoms with Gasteiger partial charge < -0.3 is 5.11 Å². The van der Waals surface area contributed by atoms with Crippen LogP contribution in [0.15, 0.2) is 79.5 Å². The number of halogens is 8. The molecule has 0 fully saturated rings. The summed E-state index contributed by atoms with van der Waals surface area (Å²) in [5.74, 6) is -3.34. The first kappa shape index (κ1) is 32.4. The summed E-state index contributed by atoms with van der Waals surface area (Å²) in [7, 11) is 0. The van der Waals surface area contributed by atoms with E-state index in [0.717, 1.165) is 23.0 Å². The van der Waals surface area contributed by atoms with Crippen LogP contribution in [0.25, 0.3) is 27.9 Å². The molecule has 0 saturated heterocycles. The smallest absolute Gasteiger partial charge is 0.464 e. The van der Waals surface area contributed by atoms with Gasteiger partial charge in [-0.15, -0.1) is 4.68 Å². The lowest BCUT2D eigenvalue weighted by atomic mass is 10.0. The van der Waals surface area contributed by atoms with Gasteiger partial charge in [-0.1, -0.05) is 28.9 Å². The Morgan fingerprint density at radius 1 is 1.00 bits per heavy atom. The van der Waals surface area contributed by atoms with Crippen molar-refractivity contribution in [1.29, 1.82) is 0 Å². The van der Waals surface area contributed by atoms with Crippen LogP contribution in [-0.2, 0) is 12.6 Å². The lowest BCUT2D eigenvalue weighted by Crippen LogP contribution is -2.33. The Bertz CT molecular complexity index is 2130. The molecule has 6 rings (SSSR count). The Morgan fingerprint density at radius 3 is 2.40 bits per heavy atom. The molecular weight excluding hydrogens is 673 g/mol. The van der Waals surface area contributed by atoms with Crippen molar-refractivity contribution < 1.29 is 45.3 Å². The number of aromatic amines is 1. The summed E-state index contributed by atoms with van der Waals surface area (Å²) in [6.45, 7) is -2.89. The second kappa shape index (κ2) is 12.6. The monoisotopic (exact) mass is 691 g/mol. The van der Waals surface area contributed by atoms with E-state index in [1.165, 1.54) is 59.7 Å². The molecule has 0 spiro atoms. The van der Waals surface area contributed by atoms with E-state index in [-0.39, 0.29) is 34.0 Å². The molecule has 2 N–H and O–H groups in total. The van der Waals surface area contributed by atoms with E-state index in [2.05, 4.69) is 25.5 Å². The number of hydrogen-bond acceptors (Lipinski definition) is 5. The Labute approximate surface area is 269 Å². The standard InChI is InChI=1S/C30H18ClF7N8O2/c31-20-4-6-23(46-14-25(41-43-46)30(36,37)38)26(27(20)33)16-2-5-22(39-11-16)24(10-18-7-8-44(42-18)29(34)35)45-13-17(12-40-45)15-1-3-19(28(47)48)21(32)9-15/h1-9,11-14,24,29H,10H2,(H,47,48)/p+1. The molecule has 48 heavy (non-hydrogen) atoms. The summed E-state index contributed by atoms with van der Waals surface area (Å²) in [6.07, 6.45) is 1.12. The topological polar surface area (TPSA) is 118 Å². The first-order valence-electron chi connectivity index (χ1n) is 13.7. The van der Waals surface area contributed by atoms with Crippen molar-refractivity contribution in [1.82, 2.24) is 34.9 Å². The quantitative estimate of drug-likeness (QED) is 0.129. The van der Waals surface area contributed by atoms with Crippen LogP contribution >= 0.6 is 11.6 Å². The number of carbonyl (C=O) groups is 1. The molecule has 0 aliphatic carbocycles. The highest BCUT2D eigenvalue weighted by Gasteiger charge is 2.41. The van der Waals surface area contributed by atoms with Crippen molar-refractivity contribution in [2.24, 2.45) is 0 Å². The van der Waals surface area contributed by atoms with Crippen molar-refractivity contribution >= 4 is 17.6 Å². The molecule has 0 amide bonds. The normalized spacial score (nSPS) is 12.5.